The first-order chi connectivity index (χ1) is 13.4. The van der Waals surface area contributed by atoms with Crippen molar-refractivity contribution in [3.05, 3.63) is 16.8 Å². The molecule has 0 amide bonds. The number of rotatable bonds is 6. The molecule has 8 nitrogen and oxygen atoms in total. The minimum absolute atomic E-state index is 0.0406. The predicted molar refractivity (Wildman–Crippen MR) is 124 cm³/mol. The average Bonchev–Trinajstić information content (AvgIpc) is 2.92. The first-order valence-electron chi connectivity index (χ1n) is 10.6. The van der Waals surface area contributed by atoms with Crippen LogP contribution in [0.2, 0.25) is 36.3 Å². The van der Waals surface area contributed by atoms with Crippen LogP contribution in [-0.2, 0) is 13.6 Å². The third-order valence-corrected chi connectivity index (χ3v) is 15.9. The van der Waals surface area contributed by atoms with Gasteiger partial charge in [0.1, 0.15) is 18.7 Å². The molecule has 0 bridgehead atoms. The molecule has 1 saturated heterocycles. The first-order valence-corrected chi connectivity index (χ1v) is 16.4. The Balaban J connectivity index is 2.27. The van der Waals surface area contributed by atoms with Gasteiger partial charge in [-0.2, -0.15) is 4.98 Å². The van der Waals surface area contributed by atoms with E-state index < -0.39 is 28.6 Å². The highest BCUT2D eigenvalue weighted by atomic mass is 28.4. The van der Waals surface area contributed by atoms with E-state index in [1.165, 1.54) is 10.9 Å². The molecule has 1 aliphatic heterocycles. The summed E-state index contributed by atoms with van der Waals surface area (Å²) in [5.41, 5.74) is 5.07. The molecule has 30 heavy (non-hydrogen) atoms. The van der Waals surface area contributed by atoms with Gasteiger partial charge in [-0.3, -0.25) is 4.57 Å². The van der Waals surface area contributed by atoms with Crippen LogP contribution in [0.1, 0.15) is 54.2 Å². The van der Waals surface area contributed by atoms with Gasteiger partial charge in [0.2, 0.25) is 5.95 Å². The lowest BCUT2D eigenvalue weighted by atomic mass is 10.2. The summed E-state index contributed by atoms with van der Waals surface area (Å²) in [6.45, 7) is 22.6. The van der Waals surface area contributed by atoms with Crippen molar-refractivity contribution in [3.8, 4) is 0 Å². The van der Waals surface area contributed by atoms with Gasteiger partial charge in [0, 0.05) is 6.42 Å². The van der Waals surface area contributed by atoms with E-state index in [0.29, 0.717) is 13.0 Å². The van der Waals surface area contributed by atoms with Crippen LogP contribution >= 0.6 is 0 Å². The fourth-order valence-electron chi connectivity index (χ4n) is 2.76. The molecule has 1 aliphatic rings. The Morgan fingerprint density at radius 3 is 2.20 bits per heavy atom. The second-order valence-electron chi connectivity index (χ2n) is 11.3. The quantitative estimate of drug-likeness (QED) is 0.647. The Kier molecular flexibility index (Phi) is 7.10. The Morgan fingerprint density at radius 2 is 1.70 bits per heavy atom. The van der Waals surface area contributed by atoms with Crippen LogP contribution in [0.15, 0.2) is 11.1 Å². The summed E-state index contributed by atoms with van der Waals surface area (Å²) in [7, 11) is -3.99. The van der Waals surface area contributed by atoms with Crippen molar-refractivity contribution >= 4 is 22.6 Å². The zero-order chi connectivity index (χ0) is 23.1. The topological polar surface area (TPSA) is 101 Å². The van der Waals surface area contributed by atoms with E-state index >= 15 is 0 Å². The number of hydrogen-bond acceptors (Lipinski definition) is 7. The second kappa shape index (κ2) is 8.46. The number of nitrogens with zero attached hydrogens (tertiary/aromatic N) is 3. The van der Waals surface area contributed by atoms with E-state index in [1.807, 2.05) is 0 Å². The van der Waals surface area contributed by atoms with Gasteiger partial charge in [0.15, 0.2) is 16.6 Å². The molecule has 2 N–H and O–H groups in total. The third-order valence-electron chi connectivity index (χ3n) is 6.90. The summed E-state index contributed by atoms with van der Waals surface area (Å²) in [4.78, 5) is 20.0. The summed E-state index contributed by atoms with van der Waals surface area (Å²) in [6, 6.07) is 0. The molecular weight excluding hydrogens is 416 g/mol. The van der Waals surface area contributed by atoms with E-state index in [1.54, 1.807) is 0 Å². The number of nitrogen functional groups attached to an aromatic ring is 1. The van der Waals surface area contributed by atoms with Crippen molar-refractivity contribution in [1.82, 2.24) is 14.5 Å². The lowest BCUT2D eigenvalue weighted by Gasteiger charge is -2.40. The van der Waals surface area contributed by atoms with Crippen molar-refractivity contribution in [1.29, 1.82) is 0 Å². The number of hydrogen-bond donors (Lipinski definition) is 1. The zero-order valence-electron chi connectivity index (χ0n) is 20.3. The molecule has 0 aliphatic carbocycles. The molecule has 0 saturated carbocycles. The second-order valence-corrected chi connectivity index (χ2v) is 20.8. The third kappa shape index (κ3) is 5.58. The molecule has 3 atom stereocenters. The van der Waals surface area contributed by atoms with Crippen LogP contribution in [0, 0.1) is 0 Å². The summed E-state index contributed by atoms with van der Waals surface area (Å²) in [5.74, 6) is -0.0406. The normalized spacial score (nSPS) is 23.7. The Bertz CT molecular complexity index is 799. The monoisotopic (exact) mass is 456 g/mol. The Hall–Kier alpha value is -1.08. The molecule has 10 heteroatoms. The summed E-state index contributed by atoms with van der Waals surface area (Å²) in [5, 5.41) is 0.166. The van der Waals surface area contributed by atoms with Gasteiger partial charge < -0.3 is 19.3 Å². The summed E-state index contributed by atoms with van der Waals surface area (Å²) < 4.78 is 20.8. The van der Waals surface area contributed by atoms with Gasteiger partial charge in [-0.1, -0.05) is 41.5 Å². The van der Waals surface area contributed by atoms with Crippen LogP contribution in [0.4, 0.5) is 5.95 Å². The highest BCUT2D eigenvalue weighted by Crippen LogP contribution is 2.42. The van der Waals surface area contributed by atoms with E-state index in [4.69, 9.17) is 19.3 Å². The van der Waals surface area contributed by atoms with Gasteiger partial charge in [-0.05, 0) is 36.3 Å². The van der Waals surface area contributed by atoms with Crippen molar-refractivity contribution in [2.45, 2.75) is 103 Å². The van der Waals surface area contributed by atoms with Crippen LogP contribution in [0.25, 0.3) is 0 Å². The molecule has 0 aromatic carbocycles. The number of ether oxygens (including phenoxy) is 1. The lowest BCUT2D eigenvalue weighted by molar-refractivity contribution is -0.0415. The van der Waals surface area contributed by atoms with Crippen molar-refractivity contribution in [3.63, 3.8) is 0 Å². The fourth-order valence-corrected chi connectivity index (χ4v) is 5.13. The first kappa shape index (κ1) is 25.2. The summed E-state index contributed by atoms with van der Waals surface area (Å²) in [6.07, 6.45) is 1.02. The Labute approximate surface area is 182 Å². The molecule has 1 unspecified atom stereocenters. The molecule has 0 radical (unpaired) electrons. The maximum Gasteiger partial charge on any atom is 0.354 e. The van der Waals surface area contributed by atoms with Gasteiger partial charge in [0.05, 0.1) is 12.7 Å². The number of aromatic nitrogens is 3. The minimum atomic E-state index is -2.04. The van der Waals surface area contributed by atoms with Crippen molar-refractivity contribution in [2.24, 2.45) is 0 Å². The molecule has 0 spiro atoms. The maximum absolute atomic E-state index is 12.3. The number of anilines is 1. The number of nitrogens with two attached hydrogens (primary N) is 1. The van der Waals surface area contributed by atoms with E-state index in [0.717, 1.165) is 0 Å². The smallest absolute Gasteiger partial charge is 0.354 e. The van der Waals surface area contributed by atoms with Crippen molar-refractivity contribution < 1.29 is 13.6 Å². The SMILES string of the molecule is CC(C)(C)[Si](C)(C)OC[C@H]1O[C@@H](n2cnc(N)nc2=O)CC1O[Si](C)(C)C(C)(C)C. The van der Waals surface area contributed by atoms with E-state index in [9.17, 15) is 4.79 Å². The molecule has 1 aromatic heterocycles. The van der Waals surface area contributed by atoms with Crippen LogP contribution in [0.5, 0.6) is 0 Å². The van der Waals surface area contributed by atoms with Gasteiger partial charge in [-0.25, -0.2) is 9.78 Å². The molecule has 172 valence electrons. The van der Waals surface area contributed by atoms with Crippen LogP contribution in [0.3, 0.4) is 0 Å². The molecule has 2 heterocycles. The van der Waals surface area contributed by atoms with E-state index in [2.05, 4.69) is 77.7 Å². The lowest BCUT2D eigenvalue weighted by Crippen LogP contribution is -2.48. The summed E-state index contributed by atoms with van der Waals surface area (Å²) >= 11 is 0. The highest BCUT2D eigenvalue weighted by Gasteiger charge is 2.46. The average molecular weight is 457 g/mol. The standard InChI is InChI=1S/C20H40N4O4Si2/c1-19(2,3)29(7,8)26-12-15-14(28-30(9,10)20(4,5)6)11-16(27-15)24-13-22-17(21)23-18(24)25/h13-16H,11-12H2,1-10H3,(H2,21,23,25)/t14?,15-,16-/m1/s1. The van der Waals surface area contributed by atoms with Gasteiger partial charge >= 0.3 is 5.69 Å². The zero-order valence-corrected chi connectivity index (χ0v) is 22.3. The molecule has 2 rings (SSSR count). The minimum Gasteiger partial charge on any atom is -0.414 e. The van der Waals surface area contributed by atoms with E-state index in [-0.39, 0.29) is 28.2 Å². The van der Waals surface area contributed by atoms with Gasteiger partial charge in [0.25, 0.3) is 0 Å². The molecule has 1 fully saturated rings. The Morgan fingerprint density at radius 1 is 1.13 bits per heavy atom. The van der Waals surface area contributed by atoms with Crippen molar-refractivity contribution in [2.75, 3.05) is 12.3 Å². The largest absolute Gasteiger partial charge is 0.414 e. The van der Waals surface area contributed by atoms with Gasteiger partial charge in [-0.15, -0.1) is 0 Å². The predicted octanol–water partition coefficient (Wildman–Crippen LogP) is 3.92. The van der Waals surface area contributed by atoms with Crippen LogP contribution < -0.4 is 11.4 Å². The maximum atomic E-state index is 12.3. The molecule has 1 aromatic rings. The van der Waals surface area contributed by atoms with Crippen LogP contribution in [-0.4, -0.2) is 50.0 Å². The fraction of sp³-hybridized carbons (Fsp3) is 0.850. The highest BCUT2D eigenvalue weighted by molar-refractivity contribution is 6.74. The molecular formula is C20H40N4O4Si2.